The molecule has 3 aromatic carbocycles. The average Bonchev–Trinajstić information content (AvgIpc) is 3.61. The van der Waals surface area contributed by atoms with Crippen LogP contribution in [0, 0.1) is 11.3 Å². The van der Waals surface area contributed by atoms with Gasteiger partial charge in [-0.1, -0.05) is 47.6 Å². The van der Waals surface area contributed by atoms with E-state index in [4.69, 9.17) is 16.6 Å². The molecule has 0 saturated heterocycles. The molecule has 10 heteroatoms. The molecule has 0 aliphatic carbocycles. The van der Waals surface area contributed by atoms with Crippen molar-refractivity contribution in [1.29, 1.82) is 5.26 Å². The second-order valence-electron chi connectivity index (χ2n) is 7.68. The first-order chi connectivity index (χ1) is 17.1. The molecule has 2 aromatic heterocycles. The van der Waals surface area contributed by atoms with Crippen molar-refractivity contribution in [2.75, 3.05) is 5.01 Å². The van der Waals surface area contributed by atoms with Gasteiger partial charge in [-0.3, -0.25) is 4.79 Å². The van der Waals surface area contributed by atoms with E-state index in [0.29, 0.717) is 20.1 Å². The first kappa shape index (κ1) is 22.2. The number of anilines is 1. The summed E-state index contributed by atoms with van der Waals surface area (Å²) in [6, 6.07) is 25.0. The standard InChI is InChI=1S/C25H14ClN5OS3/c26-14-9-11-15(12-10-14)31-25(16(13-27)22-28-17-5-1-3-7-19(17)33-22)35-24(30-31)21(32)23-29-18-6-2-4-8-20(18)34-23/h1-12,16,25H. The number of nitrogens with zero attached hydrogens (tertiary/aromatic N) is 5. The van der Waals surface area contributed by atoms with Crippen LogP contribution in [-0.2, 0) is 0 Å². The van der Waals surface area contributed by atoms with Gasteiger partial charge in [-0.05, 0) is 48.5 Å². The van der Waals surface area contributed by atoms with Gasteiger partial charge in [0.2, 0.25) is 5.78 Å². The molecule has 6 rings (SSSR count). The number of benzene rings is 3. The van der Waals surface area contributed by atoms with Gasteiger partial charge < -0.3 is 0 Å². The number of carbonyl (C=O) groups excluding carboxylic acids is 1. The number of thioether (sulfide) groups is 1. The minimum atomic E-state index is -0.613. The fourth-order valence-electron chi connectivity index (χ4n) is 3.77. The number of Topliss-reactive ketones (excluding diaryl/α,β-unsaturated/α-hetero) is 1. The molecule has 3 heterocycles. The van der Waals surface area contributed by atoms with Crippen LogP contribution in [0.15, 0.2) is 77.9 Å². The summed E-state index contributed by atoms with van der Waals surface area (Å²) in [6.45, 7) is 0. The van der Waals surface area contributed by atoms with Crippen molar-refractivity contribution < 1.29 is 4.79 Å². The van der Waals surface area contributed by atoms with Crippen LogP contribution in [0.3, 0.4) is 0 Å². The summed E-state index contributed by atoms with van der Waals surface area (Å²) in [5.41, 5.74) is 2.36. The molecule has 0 N–H and O–H groups in total. The third kappa shape index (κ3) is 4.09. The fraction of sp³-hybridized carbons (Fsp3) is 0.0800. The van der Waals surface area contributed by atoms with Gasteiger partial charge in [0.15, 0.2) is 10.1 Å². The molecule has 1 aliphatic heterocycles. The normalized spacial score (nSPS) is 16.4. The van der Waals surface area contributed by atoms with Gasteiger partial charge in [-0.2, -0.15) is 10.4 Å². The average molecular weight is 532 g/mol. The summed E-state index contributed by atoms with van der Waals surface area (Å²) >= 11 is 10.2. The fourth-order valence-corrected chi connectivity index (χ4v) is 7.16. The van der Waals surface area contributed by atoms with Gasteiger partial charge in [-0.15, -0.1) is 22.7 Å². The summed E-state index contributed by atoms with van der Waals surface area (Å²) in [5, 5.41) is 18.1. The smallest absolute Gasteiger partial charge is 0.248 e. The predicted octanol–water partition coefficient (Wildman–Crippen LogP) is 6.94. The number of hydrogen-bond acceptors (Lipinski definition) is 9. The van der Waals surface area contributed by atoms with E-state index in [0.717, 1.165) is 26.1 Å². The number of carbonyl (C=O) groups is 1. The number of hydrogen-bond donors (Lipinski definition) is 0. The van der Waals surface area contributed by atoms with Crippen LogP contribution < -0.4 is 5.01 Å². The third-order valence-electron chi connectivity index (χ3n) is 5.45. The molecule has 0 fully saturated rings. The van der Waals surface area contributed by atoms with Gasteiger partial charge in [0.05, 0.1) is 32.2 Å². The number of rotatable bonds is 5. The predicted molar refractivity (Wildman–Crippen MR) is 145 cm³/mol. The largest absolute Gasteiger partial charge is 0.283 e. The third-order valence-corrected chi connectivity index (χ3v) is 9.06. The van der Waals surface area contributed by atoms with Crippen molar-refractivity contribution in [3.05, 3.63) is 87.8 Å². The van der Waals surface area contributed by atoms with E-state index >= 15 is 0 Å². The number of nitriles is 1. The van der Waals surface area contributed by atoms with Crippen LogP contribution in [0.25, 0.3) is 20.4 Å². The van der Waals surface area contributed by atoms with Crippen molar-refractivity contribution in [3.8, 4) is 6.07 Å². The quantitative estimate of drug-likeness (QED) is 0.228. The molecule has 2 atom stereocenters. The number of fused-ring (bicyclic) bond motifs is 2. The molecule has 5 aromatic rings. The van der Waals surface area contributed by atoms with E-state index in [1.54, 1.807) is 17.1 Å². The lowest BCUT2D eigenvalue weighted by atomic mass is 10.1. The molecule has 6 nitrogen and oxygen atoms in total. The highest BCUT2D eigenvalue weighted by molar-refractivity contribution is 8.16. The van der Waals surface area contributed by atoms with Crippen LogP contribution in [0.5, 0.6) is 0 Å². The Labute approximate surface area is 217 Å². The number of hydrazone groups is 1. The minimum Gasteiger partial charge on any atom is -0.283 e. The number of ketones is 1. The molecular formula is C25H14ClN5OS3. The first-order valence-corrected chi connectivity index (χ1v) is 13.5. The van der Waals surface area contributed by atoms with Gasteiger partial charge in [0.25, 0.3) is 0 Å². The highest BCUT2D eigenvalue weighted by Crippen LogP contribution is 2.42. The highest BCUT2D eigenvalue weighted by atomic mass is 35.5. The van der Waals surface area contributed by atoms with Crippen molar-refractivity contribution in [2.45, 2.75) is 11.3 Å². The Morgan fingerprint density at radius 2 is 1.60 bits per heavy atom. The van der Waals surface area contributed by atoms with Crippen LogP contribution in [0.1, 0.15) is 20.7 Å². The molecule has 35 heavy (non-hydrogen) atoms. The van der Waals surface area contributed by atoms with Gasteiger partial charge >= 0.3 is 0 Å². The van der Waals surface area contributed by atoms with E-state index < -0.39 is 11.3 Å². The Morgan fingerprint density at radius 1 is 0.943 bits per heavy atom. The van der Waals surface area contributed by atoms with Crippen LogP contribution in [0.4, 0.5) is 5.69 Å². The lowest BCUT2D eigenvalue weighted by Gasteiger charge is -2.25. The monoisotopic (exact) mass is 531 g/mol. The van der Waals surface area contributed by atoms with Crippen LogP contribution >= 0.6 is 46.0 Å². The van der Waals surface area contributed by atoms with Gasteiger partial charge in [0, 0.05) is 5.02 Å². The Balaban J connectivity index is 1.40. The second kappa shape index (κ2) is 9.06. The zero-order chi connectivity index (χ0) is 23.9. The Hall–Kier alpha value is -3.29. The second-order valence-corrected chi connectivity index (χ2v) is 11.3. The maximum Gasteiger partial charge on any atom is 0.248 e. The zero-order valence-corrected chi connectivity index (χ0v) is 21.0. The molecule has 0 radical (unpaired) electrons. The summed E-state index contributed by atoms with van der Waals surface area (Å²) in [5.74, 6) is -0.865. The number of aromatic nitrogens is 2. The lowest BCUT2D eigenvalue weighted by molar-refractivity contribution is 0.106. The Bertz CT molecular complexity index is 1590. The van der Waals surface area contributed by atoms with E-state index in [1.165, 1.54) is 34.4 Å². The van der Waals surface area contributed by atoms with Gasteiger partial charge in [-0.25, -0.2) is 15.0 Å². The summed E-state index contributed by atoms with van der Waals surface area (Å²) in [7, 11) is 0. The molecule has 1 aliphatic rings. The van der Waals surface area contributed by atoms with Crippen molar-refractivity contribution in [3.63, 3.8) is 0 Å². The molecule has 0 bridgehead atoms. The topological polar surface area (TPSA) is 82.2 Å². The van der Waals surface area contributed by atoms with Crippen molar-refractivity contribution in [2.24, 2.45) is 5.10 Å². The Morgan fingerprint density at radius 3 is 2.26 bits per heavy atom. The lowest BCUT2D eigenvalue weighted by Crippen LogP contribution is -2.29. The highest BCUT2D eigenvalue weighted by Gasteiger charge is 2.40. The molecule has 0 amide bonds. The van der Waals surface area contributed by atoms with E-state index in [1.807, 2.05) is 60.7 Å². The SMILES string of the molecule is N#CC(c1nc2ccccc2s1)C1SC(C(=O)c2nc3ccccc3s2)=NN1c1ccc(Cl)cc1. The van der Waals surface area contributed by atoms with E-state index in [2.05, 4.69) is 16.2 Å². The maximum atomic E-state index is 13.4. The number of thiazole rings is 2. The number of halogens is 1. The van der Waals surface area contributed by atoms with Crippen molar-refractivity contribution in [1.82, 2.24) is 9.97 Å². The van der Waals surface area contributed by atoms with E-state index in [-0.39, 0.29) is 5.78 Å². The number of para-hydroxylation sites is 2. The van der Waals surface area contributed by atoms with Crippen LogP contribution in [0.2, 0.25) is 5.02 Å². The van der Waals surface area contributed by atoms with Crippen LogP contribution in [-0.4, -0.2) is 26.2 Å². The molecular weight excluding hydrogens is 518 g/mol. The first-order valence-electron chi connectivity index (χ1n) is 10.6. The van der Waals surface area contributed by atoms with Gasteiger partial charge in [0.1, 0.15) is 16.3 Å². The maximum absolute atomic E-state index is 13.4. The van der Waals surface area contributed by atoms with E-state index in [9.17, 15) is 10.1 Å². The summed E-state index contributed by atoms with van der Waals surface area (Å²) in [6.07, 6.45) is 0. The Kier molecular flexibility index (Phi) is 5.74. The zero-order valence-electron chi connectivity index (χ0n) is 17.8. The molecule has 0 saturated carbocycles. The minimum absolute atomic E-state index is 0.251. The molecule has 170 valence electrons. The summed E-state index contributed by atoms with van der Waals surface area (Å²) < 4.78 is 1.95. The molecule has 0 spiro atoms. The molecule has 2 unspecified atom stereocenters. The summed E-state index contributed by atoms with van der Waals surface area (Å²) in [4.78, 5) is 22.7. The van der Waals surface area contributed by atoms with Crippen molar-refractivity contribution >= 4 is 83.0 Å².